The summed E-state index contributed by atoms with van der Waals surface area (Å²) in [6.45, 7) is -0.315. The van der Waals surface area contributed by atoms with E-state index in [9.17, 15) is 13.2 Å². The normalized spacial score (nSPS) is 11.6. The van der Waals surface area contributed by atoms with Crippen LogP contribution in [-0.2, 0) is 11.3 Å². The van der Waals surface area contributed by atoms with Crippen molar-refractivity contribution in [1.29, 1.82) is 0 Å². The van der Waals surface area contributed by atoms with Gasteiger partial charge in [-0.2, -0.15) is 13.2 Å². The number of anilines is 1. The highest BCUT2D eigenvalue weighted by atomic mass is 35.5. The van der Waals surface area contributed by atoms with Gasteiger partial charge in [-0.05, 0) is 0 Å². The molecule has 0 spiro atoms. The zero-order valence-corrected chi connectivity index (χ0v) is 11.4. The van der Waals surface area contributed by atoms with Crippen LogP contribution in [0.4, 0.5) is 18.3 Å². The number of alkyl halides is 3. The highest BCUT2D eigenvalue weighted by Crippen LogP contribution is 2.21. The fourth-order valence-electron chi connectivity index (χ4n) is 1.30. The van der Waals surface area contributed by atoms with Gasteiger partial charge in [0.1, 0.15) is 0 Å². The minimum atomic E-state index is -4.22. The van der Waals surface area contributed by atoms with Crippen molar-refractivity contribution in [1.82, 2.24) is 9.88 Å². The average molecular weight is 306 g/mol. The standard InChI is InChI=1S/C9H14F3N3OS.ClH/c1-16-3-2-15(6-9(10,11)12)5-7-4-14-8(13)17-7;/h4H,2-3,5-6H2,1H3,(H2,13,14);1H. The molecule has 0 radical (unpaired) electrons. The SMILES string of the molecule is COCCN(Cc1cnc(N)s1)CC(F)(F)F.Cl. The van der Waals surface area contributed by atoms with Crippen LogP contribution in [0.25, 0.3) is 0 Å². The Balaban J connectivity index is 0.00000289. The number of nitrogens with two attached hydrogens (primary N) is 1. The third kappa shape index (κ3) is 7.00. The number of halogens is 4. The molecule has 1 aromatic rings. The lowest BCUT2D eigenvalue weighted by Crippen LogP contribution is -2.35. The predicted molar refractivity (Wildman–Crippen MR) is 67.0 cm³/mol. The largest absolute Gasteiger partial charge is 0.401 e. The number of thiazole rings is 1. The van der Waals surface area contributed by atoms with Crippen molar-refractivity contribution < 1.29 is 17.9 Å². The smallest absolute Gasteiger partial charge is 0.383 e. The zero-order valence-electron chi connectivity index (χ0n) is 9.74. The van der Waals surface area contributed by atoms with Gasteiger partial charge < -0.3 is 10.5 Å². The van der Waals surface area contributed by atoms with Crippen molar-refractivity contribution in [3.63, 3.8) is 0 Å². The summed E-state index contributed by atoms with van der Waals surface area (Å²) in [5, 5.41) is 0.360. The van der Waals surface area contributed by atoms with E-state index in [1.807, 2.05) is 0 Å². The molecule has 0 aliphatic heterocycles. The minimum Gasteiger partial charge on any atom is -0.383 e. The van der Waals surface area contributed by atoms with E-state index in [0.717, 1.165) is 0 Å². The van der Waals surface area contributed by atoms with E-state index in [2.05, 4.69) is 4.98 Å². The third-order valence-electron chi connectivity index (χ3n) is 1.97. The summed E-state index contributed by atoms with van der Waals surface area (Å²) in [5.41, 5.74) is 5.42. The molecule has 4 nitrogen and oxygen atoms in total. The second-order valence-electron chi connectivity index (χ2n) is 3.48. The Morgan fingerprint density at radius 3 is 2.61 bits per heavy atom. The van der Waals surface area contributed by atoms with E-state index in [1.54, 1.807) is 0 Å². The molecule has 0 bridgehead atoms. The number of hydrogen-bond acceptors (Lipinski definition) is 5. The van der Waals surface area contributed by atoms with Gasteiger partial charge in [0.2, 0.25) is 0 Å². The number of nitrogens with zero attached hydrogens (tertiary/aromatic N) is 2. The van der Waals surface area contributed by atoms with Gasteiger partial charge >= 0.3 is 6.18 Å². The van der Waals surface area contributed by atoms with Crippen LogP contribution in [0, 0.1) is 0 Å². The molecule has 0 unspecified atom stereocenters. The van der Waals surface area contributed by atoms with E-state index in [0.29, 0.717) is 10.0 Å². The van der Waals surface area contributed by atoms with Crippen LogP contribution >= 0.6 is 23.7 Å². The molecular formula is C9H15ClF3N3OS. The lowest BCUT2D eigenvalue weighted by Gasteiger charge is -2.22. The highest BCUT2D eigenvalue weighted by molar-refractivity contribution is 7.15. The van der Waals surface area contributed by atoms with E-state index in [1.165, 1.54) is 29.5 Å². The third-order valence-corrected chi connectivity index (χ3v) is 2.78. The molecular weight excluding hydrogens is 291 g/mol. The number of ether oxygens (including phenoxy) is 1. The molecule has 1 aromatic heterocycles. The van der Waals surface area contributed by atoms with E-state index < -0.39 is 12.7 Å². The van der Waals surface area contributed by atoms with Crippen molar-refractivity contribution in [2.24, 2.45) is 0 Å². The van der Waals surface area contributed by atoms with Crippen LogP contribution in [0.1, 0.15) is 4.88 Å². The van der Waals surface area contributed by atoms with Crippen LogP contribution < -0.4 is 5.73 Å². The molecule has 0 amide bonds. The van der Waals surface area contributed by atoms with Crippen LogP contribution in [-0.4, -0.2) is 42.9 Å². The maximum atomic E-state index is 12.3. The molecule has 0 aliphatic rings. The fourth-order valence-corrected chi connectivity index (χ4v) is 2.03. The number of hydrogen-bond donors (Lipinski definition) is 1. The molecule has 106 valence electrons. The van der Waals surface area contributed by atoms with Gasteiger partial charge in [0.15, 0.2) is 5.13 Å². The molecule has 1 heterocycles. The molecule has 0 aromatic carbocycles. The molecule has 0 aliphatic carbocycles. The maximum absolute atomic E-state index is 12.3. The number of rotatable bonds is 6. The molecule has 18 heavy (non-hydrogen) atoms. The average Bonchev–Trinajstić information content (AvgIpc) is 2.58. The highest BCUT2D eigenvalue weighted by Gasteiger charge is 2.30. The summed E-state index contributed by atoms with van der Waals surface area (Å²) >= 11 is 1.19. The fraction of sp³-hybridized carbons (Fsp3) is 0.667. The second kappa shape index (κ2) is 7.78. The van der Waals surface area contributed by atoms with Crippen molar-refractivity contribution in [3.8, 4) is 0 Å². The Bertz CT molecular complexity index is 348. The molecule has 0 saturated carbocycles. The minimum absolute atomic E-state index is 0. The van der Waals surface area contributed by atoms with Crippen molar-refractivity contribution in [3.05, 3.63) is 11.1 Å². The van der Waals surface area contributed by atoms with Gasteiger partial charge in [-0.3, -0.25) is 4.90 Å². The molecule has 1 rings (SSSR count). The van der Waals surface area contributed by atoms with E-state index >= 15 is 0 Å². The maximum Gasteiger partial charge on any atom is 0.401 e. The lowest BCUT2D eigenvalue weighted by molar-refractivity contribution is -0.148. The van der Waals surface area contributed by atoms with Crippen LogP contribution in [0.3, 0.4) is 0 Å². The topological polar surface area (TPSA) is 51.4 Å². The van der Waals surface area contributed by atoms with E-state index in [-0.39, 0.29) is 32.1 Å². The predicted octanol–water partition coefficient (Wildman–Crippen LogP) is 2.16. The quantitative estimate of drug-likeness (QED) is 0.875. The Morgan fingerprint density at radius 2 is 2.17 bits per heavy atom. The summed E-state index contributed by atoms with van der Waals surface area (Å²) < 4.78 is 41.7. The van der Waals surface area contributed by atoms with Crippen molar-refractivity contribution in [2.75, 3.05) is 32.5 Å². The summed E-state index contributed by atoms with van der Waals surface area (Å²) in [4.78, 5) is 5.77. The van der Waals surface area contributed by atoms with Gasteiger partial charge in [-0.25, -0.2) is 4.98 Å². The van der Waals surface area contributed by atoms with Gasteiger partial charge in [0.05, 0.1) is 13.2 Å². The van der Waals surface area contributed by atoms with Crippen molar-refractivity contribution >= 4 is 28.9 Å². The molecule has 9 heteroatoms. The molecule has 0 saturated heterocycles. The van der Waals surface area contributed by atoms with E-state index in [4.69, 9.17) is 10.5 Å². The number of methoxy groups -OCH3 is 1. The summed E-state index contributed by atoms with van der Waals surface area (Å²) in [6, 6.07) is 0. The summed E-state index contributed by atoms with van der Waals surface area (Å²) in [7, 11) is 1.45. The first-order valence-corrected chi connectivity index (χ1v) is 5.70. The second-order valence-corrected chi connectivity index (χ2v) is 4.63. The van der Waals surface area contributed by atoms with Gasteiger partial charge in [0, 0.05) is 31.3 Å². The summed E-state index contributed by atoms with van der Waals surface area (Å²) in [6.07, 6.45) is -2.72. The van der Waals surface area contributed by atoms with Crippen LogP contribution in [0.15, 0.2) is 6.20 Å². The first-order chi connectivity index (χ1) is 7.90. The van der Waals surface area contributed by atoms with Crippen LogP contribution in [0.2, 0.25) is 0 Å². The van der Waals surface area contributed by atoms with Gasteiger partial charge in [-0.1, -0.05) is 0 Å². The van der Waals surface area contributed by atoms with Gasteiger partial charge in [0.25, 0.3) is 0 Å². The summed E-state index contributed by atoms with van der Waals surface area (Å²) in [5.74, 6) is 0. The molecule has 0 fully saturated rings. The Kier molecular flexibility index (Phi) is 7.53. The first-order valence-electron chi connectivity index (χ1n) is 4.89. The Morgan fingerprint density at radius 1 is 1.50 bits per heavy atom. The molecule has 0 atom stereocenters. The zero-order chi connectivity index (χ0) is 12.9. The van der Waals surface area contributed by atoms with Gasteiger partial charge in [-0.15, -0.1) is 23.7 Å². The first kappa shape index (κ1) is 17.4. The number of nitrogen functional groups attached to an aromatic ring is 1. The lowest BCUT2D eigenvalue weighted by atomic mass is 10.4. The van der Waals surface area contributed by atoms with Crippen LogP contribution in [0.5, 0.6) is 0 Å². The Hall–Kier alpha value is -0.570. The Labute approximate surface area is 113 Å². The van der Waals surface area contributed by atoms with Crippen molar-refractivity contribution in [2.45, 2.75) is 12.7 Å². The molecule has 2 N–H and O–H groups in total. The monoisotopic (exact) mass is 305 g/mol. The number of aromatic nitrogens is 1.